The highest BCUT2D eigenvalue weighted by molar-refractivity contribution is 7.93. The number of methoxy groups -OCH3 is 3. The number of anilines is 1. The quantitative estimate of drug-likeness (QED) is 0.404. The molecule has 36 heavy (non-hydrogen) atoms. The van der Waals surface area contributed by atoms with Crippen LogP contribution in [0.25, 0.3) is 5.69 Å². The third-order valence-corrected chi connectivity index (χ3v) is 8.19. The molecule has 1 aliphatic carbocycles. The number of aromatic nitrogens is 7. The Balaban J connectivity index is 1.78. The van der Waals surface area contributed by atoms with Gasteiger partial charge in [-0.05, 0) is 25.7 Å². The van der Waals surface area contributed by atoms with E-state index in [-0.39, 0.29) is 35.1 Å². The Morgan fingerprint density at radius 1 is 1.06 bits per heavy atom. The summed E-state index contributed by atoms with van der Waals surface area (Å²) < 4.78 is 47.5. The SMILES string of the molecule is COc1ncnc(OC)c1-n1c(NS(=O)(=O)C(C)C(OC)c2ncc(Cl)cn2)nnc1[C@H]1CC[C@H]1C. The van der Waals surface area contributed by atoms with Crippen molar-refractivity contribution in [1.29, 1.82) is 0 Å². The predicted molar refractivity (Wildman–Crippen MR) is 130 cm³/mol. The van der Waals surface area contributed by atoms with Crippen LogP contribution in [-0.4, -0.2) is 69.7 Å². The molecule has 3 heterocycles. The first kappa shape index (κ1) is 26.0. The number of hydrogen-bond donors (Lipinski definition) is 1. The molecule has 0 spiro atoms. The molecular formula is C21H27ClN8O5S. The van der Waals surface area contributed by atoms with Crippen molar-refractivity contribution in [1.82, 2.24) is 34.7 Å². The topological polar surface area (TPSA) is 156 Å². The number of sulfonamides is 1. The summed E-state index contributed by atoms with van der Waals surface area (Å²) in [6.07, 6.45) is 4.95. The molecule has 3 aromatic heterocycles. The molecule has 0 saturated heterocycles. The van der Waals surface area contributed by atoms with E-state index < -0.39 is 21.4 Å². The zero-order chi connectivity index (χ0) is 26.0. The molecule has 3 aromatic rings. The highest BCUT2D eigenvalue weighted by atomic mass is 35.5. The Labute approximate surface area is 213 Å². The van der Waals surface area contributed by atoms with Gasteiger partial charge in [-0.25, -0.2) is 18.4 Å². The van der Waals surface area contributed by atoms with Crippen molar-refractivity contribution >= 4 is 27.6 Å². The third kappa shape index (κ3) is 4.80. The van der Waals surface area contributed by atoms with E-state index >= 15 is 0 Å². The molecule has 0 amide bonds. The number of nitrogens with one attached hydrogen (secondary N) is 1. The fourth-order valence-corrected chi connectivity index (χ4v) is 5.30. The average molecular weight is 539 g/mol. The van der Waals surface area contributed by atoms with Crippen molar-refractivity contribution < 1.29 is 22.6 Å². The van der Waals surface area contributed by atoms with Gasteiger partial charge in [-0.2, -0.15) is 9.97 Å². The van der Waals surface area contributed by atoms with Crippen LogP contribution in [0.5, 0.6) is 11.8 Å². The van der Waals surface area contributed by atoms with E-state index in [0.29, 0.717) is 16.8 Å². The molecule has 0 bridgehead atoms. The van der Waals surface area contributed by atoms with Crippen LogP contribution < -0.4 is 14.2 Å². The molecule has 15 heteroatoms. The maximum Gasteiger partial charge on any atom is 0.245 e. The van der Waals surface area contributed by atoms with E-state index in [9.17, 15) is 8.42 Å². The van der Waals surface area contributed by atoms with Gasteiger partial charge in [0.2, 0.25) is 27.7 Å². The number of halogens is 1. The minimum absolute atomic E-state index is 0.0528. The molecule has 1 fully saturated rings. The minimum atomic E-state index is -4.10. The van der Waals surface area contributed by atoms with Gasteiger partial charge in [0.25, 0.3) is 0 Å². The molecule has 1 aliphatic rings. The summed E-state index contributed by atoms with van der Waals surface area (Å²) in [5.74, 6) is 1.39. The minimum Gasteiger partial charge on any atom is -0.479 e. The van der Waals surface area contributed by atoms with Crippen molar-refractivity contribution in [3.05, 3.63) is 35.4 Å². The van der Waals surface area contributed by atoms with Crippen LogP contribution in [0, 0.1) is 5.92 Å². The van der Waals surface area contributed by atoms with E-state index in [2.05, 4.69) is 41.8 Å². The molecule has 4 rings (SSSR count). The molecule has 1 saturated carbocycles. The molecule has 0 radical (unpaired) electrons. The van der Waals surface area contributed by atoms with Gasteiger partial charge in [0, 0.05) is 25.4 Å². The molecule has 0 aliphatic heterocycles. The second-order valence-corrected chi connectivity index (χ2v) is 10.9. The van der Waals surface area contributed by atoms with Gasteiger partial charge in [0.15, 0.2) is 11.5 Å². The number of nitrogens with zero attached hydrogens (tertiary/aromatic N) is 7. The lowest BCUT2D eigenvalue weighted by Gasteiger charge is -2.33. The summed E-state index contributed by atoms with van der Waals surface area (Å²) in [4.78, 5) is 16.6. The van der Waals surface area contributed by atoms with E-state index in [1.807, 2.05) is 0 Å². The summed E-state index contributed by atoms with van der Waals surface area (Å²) in [7, 11) is 0.172. The van der Waals surface area contributed by atoms with Crippen LogP contribution in [0.2, 0.25) is 5.02 Å². The summed E-state index contributed by atoms with van der Waals surface area (Å²) in [6.45, 7) is 3.58. The van der Waals surface area contributed by atoms with Crippen LogP contribution in [0.4, 0.5) is 5.95 Å². The lowest BCUT2D eigenvalue weighted by molar-refractivity contribution is 0.0950. The first-order valence-corrected chi connectivity index (χ1v) is 13.0. The van der Waals surface area contributed by atoms with E-state index in [4.69, 9.17) is 25.8 Å². The Hall–Kier alpha value is -3.10. The normalized spacial score (nSPS) is 19.3. The van der Waals surface area contributed by atoms with Crippen molar-refractivity contribution in [3.8, 4) is 17.4 Å². The van der Waals surface area contributed by atoms with Gasteiger partial charge in [-0.15, -0.1) is 10.2 Å². The zero-order valence-corrected chi connectivity index (χ0v) is 22.0. The van der Waals surface area contributed by atoms with Crippen LogP contribution in [0.1, 0.15) is 50.4 Å². The fourth-order valence-electron chi connectivity index (χ4n) is 4.07. The van der Waals surface area contributed by atoms with Crippen molar-refractivity contribution in [2.75, 3.05) is 26.1 Å². The summed E-state index contributed by atoms with van der Waals surface area (Å²) in [5.41, 5.74) is 0.288. The Morgan fingerprint density at radius 2 is 1.69 bits per heavy atom. The second kappa shape index (κ2) is 10.5. The largest absolute Gasteiger partial charge is 0.479 e. The maximum absolute atomic E-state index is 13.5. The van der Waals surface area contributed by atoms with Crippen LogP contribution in [0.15, 0.2) is 18.7 Å². The van der Waals surface area contributed by atoms with Crippen molar-refractivity contribution in [2.24, 2.45) is 5.92 Å². The average Bonchev–Trinajstić information content (AvgIpc) is 3.24. The second-order valence-electron chi connectivity index (χ2n) is 8.39. The number of rotatable bonds is 10. The standard InChI is InChI=1S/C21H27ClN8O5S/c1-11-6-7-14(11)18-27-28-21(30(18)15-19(34-4)25-10-26-20(15)35-5)29-36(31,32)12(2)16(33-3)17-23-8-13(22)9-24-17/h8-12,14,16H,6-7H2,1-5H3,(H,28,29)/t11-,12?,14+,16?/m1/s1. The maximum atomic E-state index is 13.5. The fraction of sp³-hybridized carbons (Fsp3) is 0.524. The van der Waals surface area contributed by atoms with Gasteiger partial charge >= 0.3 is 0 Å². The summed E-state index contributed by atoms with van der Waals surface area (Å²) >= 11 is 5.87. The number of hydrogen-bond acceptors (Lipinski definition) is 11. The molecule has 1 N–H and O–H groups in total. The van der Waals surface area contributed by atoms with Gasteiger partial charge in [-0.3, -0.25) is 9.29 Å². The van der Waals surface area contributed by atoms with Crippen molar-refractivity contribution in [3.63, 3.8) is 0 Å². The summed E-state index contributed by atoms with van der Waals surface area (Å²) in [6, 6.07) is 0. The summed E-state index contributed by atoms with van der Waals surface area (Å²) in [5, 5.41) is 7.73. The third-order valence-electron chi connectivity index (χ3n) is 6.30. The lowest BCUT2D eigenvalue weighted by Crippen LogP contribution is -2.33. The Bertz CT molecular complexity index is 1300. The smallest absolute Gasteiger partial charge is 0.245 e. The van der Waals surface area contributed by atoms with Gasteiger partial charge in [0.1, 0.15) is 23.5 Å². The number of ether oxygens (including phenoxy) is 3. The predicted octanol–water partition coefficient (Wildman–Crippen LogP) is 2.55. The van der Waals surface area contributed by atoms with E-state index in [1.165, 1.54) is 47.0 Å². The van der Waals surface area contributed by atoms with Gasteiger partial charge in [0.05, 0.1) is 19.2 Å². The molecular weight excluding hydrogens is 512 g/mol. The highest BCUT2D eigenvalue weighted by Gasteiger charge is 2.38. The molecule has 2 unspecified atom stereocenters. The Kier molecular flexibility index (Phi) is 7.57. The highest BCUT2D eigenvalue weighted by Crippen LogP contribution is 2.44. The van der Waals surface area contributed by atoms with E-state index in [0.717, 1.165) is 12.8 Å². The Morgan fingerprint density at radius 3 is 2.19 bits per heavy atom. The molecule has 0 aromatic carbocycles. The van der Waals surface area contributed by atoms with E-state index in [1.54, 1.807) is 4.57 Å². The van der Waals surface area contributed by atoms with Crippen LogP contribution >= 0.6 is 11.6 Å². The first-order valence-electron chi connectivity index (χ1n) is 11.1. The van der Waals surface area contributed by atoms with Crippen LogP contribution in [0.3, 0.4) is 0 Å². The van der Waals surface area contributed by atoms with Gasteiger partial charge < -0.3 is 14.2 Å². The monoisotopic (exact) mass is 538 g/mol. The molecule has 13 nitrogen and oxygen atoms in total. The molecule has 4 atom stereocenters. The zero-order valence-electron chi connectivity index (χ0n) is 20.4. The lowest BCUT2D eigenvalue weighted by atomic mass is 9.74. The van der Waals surface area contributed by atoms with Crippen LogP contribution in [-0.2, 0) is 14.8 Å². The molecule has 194 valence electrons. The van der Waals surface area contributed by atoms with Crippen molar-refractivity contribution in [2.45, 2.75) is 44.0 Å². The van der Waals surface area contributed by atoms with Gasteiger partial charge in [-0.1, -0.05) is 18.5 Å². The first-order chi connectivity index (χ1) is 17.2.